The van der Waals surface area contributed by atoms with E-state index < -0.39 is 11.1 Å². The van der Waals surface area contributed by atoms with Gasteiger partial charge in [0.1, 0.15) is 17.1 Å². The number of nitrogens with zero attached hydrogens (tertiary/aromatic N) is 1. The molecule has 1 heterocycles. The van der Waals surface area contributed by atoms with E-state index in [1.165, 1.54) is 27.8 Å². The number of hydrogen-bond acceptors (Lipinski definition) is 3. The minimum atomic E-state index is -0.503. The molecular formula is C31H38N2O. The molecule has 0 bridgehead atoms. The van der Waals surface area contributed by atoms with E-state index in [0.717, 1.165) is 17.1 Å². The van der Waals surface area contributed by atoms with E-state index in [2.05, 4.69) is 121 Å². The van der Waals surface area contributed by atoms with Crippen LogP contribution in [0.4, 0.5) is 0 Å². The molecule has 3 heteroatoms. The summed E-state index contributed by atoms with van der Waals surface area (Å²) < 4.78 is 6.14. The summed E-state index contributed by atoms with van der Waals surface area (Å²) in [6.07, 6.45) is 0. The summed E-state index contributed by atoms with van der Waals surface area (Å²) >= 11 is 0. The third-order valence-electron chi connectivity index (χ3n) is 7.32. The lowest BCUT2D eigenvalue weighted by Crippen LogP contribution is -2.50. The third-order valence-corrected chi connectivity index (χ3v) is 7.32. The first-order chi connectivity index (χ1) is 16.0. The molecule has 0 aliphatic carbocycles. The van der Waals surface area contributed by atoms with Crippen molar-refractivity contribution in [1.29, 1.82) is 0 Å². The van der Waals surface area contributed by atoms with Crippen LogP contribution in [0.15, 0.2) is 71.7 Å². The van der Waals surface area contributed by atoms with Gasteiger partial charge in [0.25, 0.3) is 0 Å². The molecule has 1 aliphatic rings. The molecule has 1 N–H and O–H groups in total. The van der Waals surface area contributed by atoms with Crippen molar-refractivity contribution in [2.45, 2.75) is 71.9 Å². The van der Waals surface area contributed by atoms with Crippen molar-refractivity contribution in [1.82, 2.24) is 5.32 Å². The third kappa shape index (κ3) is 4.13. The average Bonchev–Trinajstić information content (AvgIpc) is 3.06. The van der Waals surface area contributed by atoms with E-state index >= 15 is 0 Å². The summed E-state index contributed by atoms with van der Waals surface area (Å²) in [6.45, 7) is 18.1. The van der Waals surface area contributed by atoms with E-state index in [4.69, 9.17) is 9.73 Å². The van der Waals surface area contributed by atoms with Crippen LogP contribution in [0.5, 0.6) is 5.75 Å². The van der Waals surface area contributed by atoms with Crippen LogP contribution in [0.1, 0.15) is 74.9 Å². The van der Waals surface area contributed by atoms with Gasteiger partial charge >= 0.3 is 0 Å². The fraction of sp³-hybridized carbons (Fsp3) is 0.387. The zero-order valence-corrected chi connectivity index (χ0v) is 21.9. The van der Waals surface area contributed by atoms with E-state index in [0.29, 0.717) is 6.61 Å². The highest BCUT2D eigenvalue weighted by atomic mass is 16.5. The molecule has 4 rings (SSSR count). The molecule has 0 aromatic heterocycles. The maximum atomic E-state index is 6.14. The lowest BCUT2D eigenvalue weighted by molar-refractivity contribution is 0.268. The fourth-order valence-electron chi connectivity index (χ4n) is 4.78. The van der Waals surface area contributed by atoms with Gasteiger partial charge in [0.05, 0.1) is 17.7 Å². The highest BCUT2D eigenvalue weighted by Crippen LogP contribution is 2.48. The van der Waals surface area contributed by atoms with Gasteiger partial charge in [-0.15, -0.1) is 0 Å². The zero-order valence-electron chi connectivity index (χ0n) is 21.9. The molecule has 34 heavy (non-hydrogen) atoms. The van der Waals surface area contributed by atoms with Crippen LogP contribution < -0.4 is 10.1 Å². The second-order valence-corrected chi connectivity index (χ2v) is 10.9. The predicted molar refractivity (Wildman–Crippen MR) is 143 cm³/mol. The van der Waals surface area contributed by atoms with Crippen molar-refractivity contribution in [2.75, 3.05) is 6.61 Å². The molecule has 0 amide bonds. The number of ether oxygens (including phenoxy) is 1. The van der Waals surface area contributed by atoms with E-state index in [9.17, 15) is 0 Å². The molecule has 0 fully saturated rings. The van der Waals surface area contributed by atoms with Gasteiger partial charge in [0.15, 0.2) is 0 Å². The molecule has 3 nitrogen and oxygen atoms in total. The molecule has 2 atom stereocenters. The van der Waals surface area contributed by atoms with E-state index in [1.54, 1.807) is 0 Å². The van der Waals surface area contributed by atoms with Gasteiger partial charge in [-0.2, -0.15) is 0 Å². The molecule has 3 aromatic rings. The molecule has 0 saturated carbocycles. The van der Waals surface area contributed by atoms with Crippen molar-refractivity contribution in [3.05, 3.63) is 100 Å². The summed E-state index contributed by atoms with van der Waals surface area (Å²) in [5.41, 5.74) is 6.26. The molecule has 178 valence electrons. The number of nitrogens with one attached hydrogen (secondary N) is 1. The molecule has 0 saturated heterocycles. The summed E-state index contributed by atoms with van der Waals surface area (Å²) in [5, 5.41) is 3.85. The quantitative estimate of drug-likeness (QED) is 0.443. The Morgan fingerprint density at radius 3 is 1.91 bits per heavy atom. The van der Waals surface area contributed by atoms with Gasteiger partial charge in [-0.05, 0) is 68.9 Å². The molecule has 1 aliphatic heterocycles. The average molecular weight is 455 g/mol. The largest absolute Gasteiger partial charge is 0.493 e. The number of benzene rings is 3. The summed E-state index contributed by atoms with van der Waals surface area (Å²) in [6, 6.07) is 24.1. The topological polar surface area (TPSA) is 33.6 Å². The van der Waals surface area contributed by atoms with Crippen molar-refractivity contribution < 1.29 is 4.74 Å². The normalized spacial score (nSPS) is 22.3. The monoisotopic (exact) mass is 454 g/mol. The Bertz CT molecular complexity index is 1200. The number of aryl methyl sites for hydroxylation is 2. The Morgan fingerprint density at radius 1 is 0.824 bits per heavy atom. The highest BCUT2D eigenvalue weighted by molar-refractivity contribution is 6.03. The maximum Gasteiger partial charge on any atom is 0.133 e. The van der Waals surface area contributed by atoms with Crippen LogP contribution in [0.2, 0.25) is 0 Å². The van der Waals surface area contributed by atoms with Crippen LogP contribution in [0, 0.1) is 13.8 Å². The van der Waals surface area contributed by atoms with E-state index in [1.807, 2.05) is 6.92 Å². The van der Waals surface area contributed by atoms with Gasteiger partial charge in [0.2, 0.25) is 0 Å². The SMILES string of the molecule is CCOc1cc(C(C)(C)C)ccc1C1=N[C@@](C)(c2ccc(C)cc2)[C@@](C)(c2ccc(C)cc2)N1. The van der Waals surface area contributed by atoms with Crippen LogP contribution >= 0.6 is 0 Å². The fourth-order valence-corrected chi connectivity index (χ4v) is 4.78. The Labute approximate surface area is 205 Å². The Morgan fingerprint density at radius 2 is 1.38 bits per heavy atom. The van der Waals surface area contributed by atoms with Crippen LogP contribution in [-0.4, -0.2) is 12.4 Å². The second-order valence-electron chi connectivity index (χ2n) is 10.9. The van der Waals surface area contributed by atoms with Crippen molar-refractivity contribution in [2.24, 2.45) is 4.99 Å². The Balaban J connectivity index is 1.90. The first-order valence-electron chi connectivity index (χ1n) is 12.3. The summed E-state index contributed by atoms with van der Waals surface area (Å²) in [7, 11) is 0. The van der Waals surface area contributed by atoms with Crippen molar-refractivity contribution in [3.8, 4) is 5.75 Å². The first kappa shape index (κ1) is 24.1. The minimum Gasteiger partial charge on any atom is -0.493 e. The maximum absolute atomic E-state index is 6.14. The van der Waals surface area contributed by atoms with Gasteiger partial charge in [-0.1, -0.05) is 86.5 Å². The zero-order chi connectivity index (χ0) is 24.7. The Hall–Kier alpha value is -3.07. The smallest absolute Gasteiger partial charge is 0.133 e. The molecule has 0 unspecified atom stereocenters. The van der Waals surface area contributed by atoms with Gasteiger partial charge in [0, 0.05) is 0 Å². The number of aliphatic imine (C=N–C) groups is 1. The summed E-state index contributed by atoms with van der Waals surface area (Å²) in [5.74, 6) is 1.75. The highest BCUT2D eigenvalue weighted by Gasteiger charge is 2.52. The lowest BCUT2D eigenvalue weighted by Gasteiger charge is -2.40. The Kier molecular flexibility index (Phi) is 6.10. The molecule has 3 aromatic carbocycles. The van der Waals surface area contributed by atoms with Crippen LogP contribution in [0.3, 0.4) is 0 Å². The lowest BCUT2D eigenvalue weighted by atomic mass is 9.71. The van der Waals surface area contributed by atoms with Crippen LogP contribution in [-0.2, 0) is 16.5 Å². The minimum absolute atomic E-state index is 0.0438. The molecule has 0 spiro atoms. The van der Waals surface area contributed by atoms with Gasteiger partial charge in [-0.3, -0.25) is 4.99 Å². The van der Waals surface area contributed by atoms with Gasteiger partial charge in [-0.25, -0.2) is 0 Å². The second kappa shape index (κ2) is 8.61. The van der Waals surface area contributed by atoms with Crippen molar-refractivity contribution in [3.63, 3.8) is 0 Å². The number of amidine groups is 1. The van der Waals surface area contributed by atoms with Crippen LogP contribution in [0.25, 0.3) is 0 Å². The summed E-state index contributed by atoms with van der Waals surface area (Å²) in [4.78, 5) is 5.40. The van der Waals surface area contributed by atoms with E-state index in [-0.39, 0.29) is 5.41 Å². The molecular weight excluding hydrogens is 416 g/mol. The first-order valence-corrected chi connectivity index (χ1v) is 12.3. The number of rotatable bonds is 5. The number of hydrogen-bond donors (Lipinski definition) is 1. The predicted octanol–water partition coefficient (Wildman–Crippen LogP) is 7.18. The van der Waals surface area contributed by atoms with Gasteiger partial charge < -0.3 is 10.1 Å². The molecule has 0 radical (unpaired) electrons. The van der Waals surface area contributed by atoms with Crippen molar-refractivity contribution >= 4 is 5.84 Å². The standard InChI is InChI=1S/C31H38N2O/c1-9-34-27-20-25(29(4,5)6)18-19-26(27)28-32-30(7,23-14-10-21(2)11-15-23)31(8,33-28)24-16-12-22(3)13-17-24/h10-20H,9H2,1-8H3,(H,32,33)/t30-,31+.